The number of benzene rings is 1. The summed E-state index contributed by atoms with van der Waals surface area (Å²) >= 11 is 0. The summed E-state index contributed by atoms with van der Waals surface area (Å²) in [7, 11) is 1.86. The van der Waals surface area contributed by atoms with Crippen molar-refractivity contribution in [3.8, 4) is 5.75 Å². The maximum absolute atomic E-state index is 5.81. The molecule has 3 nitrogen and oxygen atoms in total. The normalized spacial score (nSPS) is 10.2. The summed E-state index contributed by atoms with van der Waals surface area (Å²) < 4.78 is 5.81. The van der Waals surface area contributed by atoms with Crippen LogP contribution in [0.2, 0.25) is 0 Å². The van der Waals surface area contributed by atoms with Gasteiger partial charge >= 0.3 is 0 Å². The highest BCUT2D eigenvalue weighted by Crippen LogP contribution is 2.21. The lowest BCUT2D eigenvalue weighted by atomic mass is 10.1. The molecule has 0 amide bonds. The van der Waals surface area contributed by atoms with Gasteiger partial charge in [-0.15, -0.1) is 0 Å². The van der Waals surface area contributed by atoms with Crippen LogP contribution in [0.3, 0.4) is 0 Å². The van der Waals surface area contributed by atoms with Crippen LogP contribution in [-0.4, -0.2) is 12.0 Å². The summed E-state index contributed by atoms with van der Waals surface area (Å²) in [6, 6.07) is 12.0. The van der Waals surface area contributed by atoms with Gasteiger partial charge in [0.15, 0.2) is 0 Å². The highest BCUT2D eigenvalue weighted by molar-refractivity contribution is 5.38. The first kappa shape index (κ1) is 12.4. The van der Waals surface area contributed by atoms with Gasteiger partial charge in [0.1, 0.15) is 18.2 Å². The number of nitrogens with one attached hydrogen (secondary N) is 1. The number of rotatable bonds is 4. The minimum Gasteiger partial charge on any atom is -0.487 e. The number of anilines is 1. The van der Waals surface area contributed by atoms with Crippen molar-refractivity contribution in [1.29, 1.82) is 0 Å². The third-order valence-electron chi connectivity index (χ3n) is 2.99. The van der Waals surface area contributed by atoms with E-state index in [1.54, 1.807) is 0 Å². The Kier molecular flexibility index (Phi) is 3.82. The Morgan fingerprint density at radius 1 is 1.11 bits per heavy atom. The van der Waals surface area contributed by atoms with Gasteiger partial charge in [-0.05, 0) is 43.2 Å². The van der Waals surface area contributed by atoms with Gasteiger partial charge < -0.3 is 10.1 Å². The fraction of sp³-hybridized carbons (Fsp3) is 0.267. The first-order chi connectivity index (χ1) is 8.70. The van der Waals surface area contributed by atoms with Crippen molar-refractivity contribution in [2.75, 3.05) is 12.4 Å². The number of aryl methyl sites for hydroxylation is 1. The lowest BCUT2D eigenvalue weighted by molar-refractivity contribution is 0.299. The van der Waals surface area contributed by atoms with Crippen molar-refractivity contribution in [1.82, 2.24) is 4.98 Å². The second-order valence-corrected chi connectivity index (χ2v) is 4.25. The highest BCUT2D eigenvalue weighted by Gasteiger charge is 2.03. The second-order valence-electron chi connectivity index (χ2n) is 4.25. The molecule has 0 fully saturated rings. The largest absolute Gasteiger partial charge is 0.487 e. The summed E-state index contributed by atoms with van der Waals surface area (Å²) in [5, 5.41) is 3.02. The molecule has 18 heavy (non-hydrogen) atoms. The summed E-state index contributed by atoms with van der Waals surface area (Å²) in [6.45, 7) is 4.64. The van der Waals surface area contributed by atoms with Gasteiger partial charge in [0.2, 0.25) is 0 Å². The topological polar surface area (TPSA) is 34.1 Å². The van der Waals surface area contributed by atoms with Crippen LogP contribution < -0.4 is 10.1 Å². The Labute approximate surface area is 108 Å². The van der Waals surface area contributed by atoms with Gasteiger partial charge in [-0.25, -0.2) is 4.98 Å². The van der Waals surface area contributed by atoms with Crippen LogP contribution >= 0.6 is 0 Å². The van der Waals surface area contributed by atoms with Crippen LogP contribution in [0, 0.1) is 13.8 Å². The summed E-state index contributed by atoms with van der Waals surface area (Å²) in [5.74, 6) is 1.78. The molecule has 1 N–H and O–H groups in total. The molecule has 3 heteroatoms. The molecule has 1 aromatic carbocycles. The molecule has 1 aromatic heterocycles. The maximum atomic E-state index is 5.81. The van der Waals surface area contributed by atoms with E-state index < -0.39 is 0 Å². The molecule has 0 unspecified atom stereocenters. The third kappa shape index (κ3) is 2.80. The van der Waals surface area contributed by atoms with Crippen LogP contribution in [-0.2, 0) is 6.61 Å². The molecule has 0 bridgehead atoms. The van der Waals surface area contributed by atoms with Crippen molar-refractivity contribution in [2.24, 2.45) is 0 Å². The van der Waals surface area contributed by atoms with Crippen LogP contribution in [0.1, 0.15) is 16.8 Å². The molecule has 0 saturated carbocycles. The Balaban J connectivity index is 2.09. The number of ether oxygens (including phenoxy) is 1. The molecule has 0 aliphatic heterocycles. The van der Waals surface area contributed by atoms with E-state index in [2.05, 4.69) is 30.2 Å². The molecule has 1 heterocycles. The number of aromatic nitrogens is 1. The molecule has 2 rings (SSSR count). The van der Waals surface area contributed by atoms with E-state index in [-0.39, 0.29) is 0 Å². The van der Waals surface area contributed by atoms with Crippen molar-refractivity contribution in [2.45, 2.75) is 20.5 Å². The summed E-state index contributed by atoms with van der Waals surface area (Å²) in [5.41, 5.74) is 3.34. The maximum Gasteiger partial charge on any atom is 0.130 e. The fourth-order valence-corrected chi connectivity index (χ4v) is 1.73. The van der Waals surface area contributed by atoms with E-state index in [0.29, 0.717) is 6.61 Å². The van der Waals surface area contributed by atoms with Crippen LogP contribution in [0.5, 0.6) is 5.75 Å². The average Bonchev–Trinajstić information content (AvgIpc) is 2.41. The zero-order valence-corrected chi connectivity index (χ0v) is 11.0. The number of hydrogen-bond acceptors (Lipinski definition) is 3. The quantitative estimate of drug-likeness (QED) is 0.893. The Bertz CT molecular complexity index is 538. The Hall–Kier alpha value is -2.03. The van der Waals surface area contributed by atoms with Gasteiger partial charge in [0.25, 0.3) is 0 Å². The molecule has 0 radical (unpaired) electrons. The minimum absolute atomic E-state index is 0.486. The average molecular weight is 242 g/mol. The zero-order valence-electron chi connectivity index (χ0n) is 11.0. The molecule has 0 saturated heterocycles. The summed E-state index contributed by atoms with van der Waals surface area (Å²) in [6.07, 6.45) is 0. The standard InChI is InChI=1S/C15H18N2O/c1-11-6-4-8-14(12(11)2)18-10-13-7-5-9-15(16-3)17-13/h4-9H,10H2,1-3H3,(H,16,17). The van der Waals surface area contributed by atoms with E-state index in [9.17, 15) is 0 Å². The molecular weight excluding hydrogens is 224 g/mol. The number of nitrogens with zero attached hydrogens (tertiary/aromatic N) is 1. The Morgan fingerprint density at radius 3 is 2.67 bits per heavy atom. The first-order valence-corrected chi connectivity index (χ1v) is 6.03. The Morgan fingerprint density at radius 2 is 1.89 bits per heavy atom. The van der Waals surface area contributed by atoms with Crippen molar-refractivity contribution >= 4 is 5.82 Å². The van der Waals surface area contributed by atoms with Crippen molar-refractivity contribution in [3.05, 3.63) is 53.2 Å². The highest BCUT2D eigenvalue weighted by atomic mass is 16.5. The van der Waals surface area contributed by atoms with Gasteiger partial charge in [-0.1, -0.05) is 18.2 Å². The van der Waals surface area contributed by atoms with Gasteiger partial charge in [0.05, 0.1) is 5.69 Å². The van der Waals surface area contributed by atoms with Crippen LogP contribution in [0.4, 0.5) is 5.82 Å². The zero-order chi connectivity index (χ0) is 13.0. The molecule has 0 aliphatic rings. The van der Waals surface area contributed by atoms with Crippen LogP contribution in [0.25, 0.3) is 0 Å². The number of hydrogen-bond donors (Lipinski definition) is 1. The minimum atomic E-state index is 0.486. The van der Waals surface area contributed by atoms with E-state index in [0.717, 1.165) is 17.3 Å². The third-order valence-corrected chi connectivity index (χ3v) is 2.99. The smallest absolute Gasteiger partial charge is 0.130 e. The predicted molar refractivity (Wildman–Crippen MR) is 74.0 cm³/mol. The molecular formula is C15H18N2O. The van der Waals surface area contributed by atoms with E-state index in [1.165, 1.54) is 11.1 Å². The van der Waals surface area contributed by atoms with Gasteiger partial charge in [-0.3, -0.25) is 0 Å². The molecule has 94 valence electrons. The monoisotopic (exact) mass is 242 g/mol. The fourth-order valence-electron chi connectivity index (χ4n) is 1.73. The molecule has 0 aliphatic carbocycles. The SMILES string of the molecule is CNc1cccc(COc2cccc(C)c2C)n1. The first-order valence-electron chi connectivity index (χ1n) is 6.03. The van der Waals surface area contributed by atoms with Crippen LogP contribution in [0.15, 0.2) is 36.4 Å². The van der Waals surface area contributed by atoms with Crippen molar-refractivity contribution in [3.63, 3.8) is 0 Å². The van der Waals surface area contributed by atoms with Gasteiger partial charge in [-0.2, -0.15) is 0 Å². The lowest BCUT2D eigenvalue weighted by Gasteiger charge is -2.11. The molecule has 0 spiro atoms. The summed E-state index contributed by atoms with van der Waals surface area (Å²) in [4.78, 5) is 4.42. The lowest BCUT2D eigenvalue weighted by Crippen LogP contribution is -2.02. The number of pyridine rings is 1. The van der Waals surface area contributed by atoms with Crippen molar-refractivity contribution < 1.29 is 4.74 Å². The van der Waals surface area contributed by atoms with E-state index in [4.69, 9.17) is 4.74 Å². The van der Waals surface area contributed by atoms with E-state index in [1.807, 2.05) is 37.4 Å². The molecule has 2 aromatic rings. The molecule has 0 atom stereocenters. The van der Waals surface area contributed by atoms with E-state index >= 15 is 0 Å². The predicted octanol–water partition coefficient (Wildman–Crippen LogP) is 3.32. The second kappa shape index (κ2) is 5.54. The van der Waals surface area contributed by atoms with Gasteiger partial charge in [0, 0.05) is 7.05 Å².